The summed E-state index contributed by atoms with van der Waals surface area (Å²) in [6.45, 7) is 2.80. The number of nitrogens with one attached hydrogen (secondary N) is 1. The van der Waals surface area contributed by atoms with E-state index in [4.69, 9.17) is 9.47 Å². The fourth-order valence-electron chi connectivity index (χ4n) is 4.17. The van der Waals surface area contributed by atoms with Crippen LogP contribution in [0.3, 0.4) is 0 Å². The highest BCUT2D eigenvalue weighted by Crippen LogP contribution is 2.33. The Bertz CT molecular complexity index is 1300. The van der Waals surface area contributed by atoms with E-state index in [2.05, 4.69) is 10.3 Å². The molecule has 8 nitrogen and oxygen atoms in total. The molecule has 0 atom stereocenters. The van der Waals surface area contributed by atoms with Crippen LogP contribution in [-0.4, -0.2) is 41.9 Å². The topological polar surface area (TPSA) is 91.3 Å². The number of anilines is 1. The first-order valence-corrected chi connectivity index (χ1v) is 12.4. The Morgan fingerprint density at radius 2 is 1.94 bits per heavy atom. The first-order valence-electron chi connectivity index (χ1n) is 11.5. The molecular weight excluding hydrogens is 478 g/mol. The number of rotatable bonds is 6. The van der Waals surface area contributed by atoms with Gasteiger partial charge in [-0.2, -0.15) is 5.01 Å². The second kappa shape index (κ2) is 10.7. The van der Waals surface area contributed by atoms with Crippen molar-refractivity contribution in [1.29, 1.82) is 0 Å². The molecule has 1 fully saturated rings. The Morgan fingerprint density at radius 1 is 1.11 bits per heavy atom. The van der Waals surface area contributed by atoms with Crippen molar-refractivity contribution in [2.45, 2.75) is 13.0 Å². The van der Waals surface area contributed by atoms with Crippen molar-refractivity contribution in [2.24, 2.45) is 0 Å². The third-order valence-corrected chi connectivity index (χ3v) is 6.86. The fourth-order valence-corrected chi connectivity index (χ4v) is 4.91. The van der Waals surface area contributed by atoms with Crippen LogP contribution in [-0.2, 0) is 11.3 Å². The van der Waals surface area contributed by atoms with Crippen molar-refractivity contribution in [1.82, 2.24) is 10.3 Å². The maximum atomic E-state index is 12.4. The van der Waals surface area contributed by atoms with E-state index in [-0.39, 0.29) is 6.79 Å². The van der Waals surface area contributed by atoms with Gasteiger partial charge in [0.15, 0.2) is 11.5 Å². The second-order valence-corrected chi connectivity index (χ2v) is 9.40. The molecule has 2 aliphatic heterocycles. The van der Waals surface area contributed by atoms with Gasteiger partial charge in [0.25, 0.3) is 5.91 Å². The molecule has 0 bridgehead atoms. The Kier molecular flexibility index (Phi) is 7.01. The van der Waals surface area contributed by atoms with Gasteiger partial charge < -0.3 is 14.6 Å². The number of carbonyl (C=O) groups excluding carboxylic acids is 1. The minimum Gasteiger partial charge on any atom is -0.463 e. The summed E-state index contributed by atoms with van der Waals surface area (Å²) in [4.78, 5) is 27.5. The van der Waals surface area contributed by atoms with Crippen LogP contribution >= 0.6 is 11.3 Å². The summed E-state index contributed by atoms with van der Waals surface area (Å²) in [5, 5.41) is 12.4. The molecule has 36 heavy (non-hydrogen) atoms. The third kappa shape index (κ3) is 5.59. The number of likely N-dealkylation sites (tertiary alicyclic amines) is 1. The number of carbonyl (C=O) groups is 2. The molecule has 2 N–H and O–H groups in total. The van der Waals surface area contributed by atoms with Crippen LogP contribution in [0.2, 0.25) is 0 Å². The number of ether oxygens (including phenoxy) is 2. The summed E-state index contributed by atoms with van der Waals surface area (Å²) in [5.41, 5.74) is 6.14. The van der Waals surface area contributed by atoms with Gasteiger partial charge in [0, 0.05) is 30.6 Å². The lowest BCUT2D eigenvalue weighted by Gasteiger charge is -2.19. The number of hydrogen-bond acceptors (Lipinski definition) is 6. The molecule has 184 valence electrons. The highest BCUT2D eigenvalue weighted by molar-refractivity contribution is 7.13. The largest absolute Gasteiger partial charge is 0.463 e. The van der Waals surface area contributed by atoms with Gasteiger partial charge in [0.1, 0.15) is 0 Å². The van der Waals surface area contributed by atoms with E-state index in [1.165, 1.54) is 11.6 Å². The number of allylic oxidation sites excluding steroid dienone is 2. The highest BCUT2D eigenvalue weighted by Gasteiger charge is 2.19. The number of hydrazine groups is 1. The molecule has 0 spiro atoms. The minimum atomic E-state index is -1.27. The van der Waals surface area contributed by atoms with Crippen LogP contribution in [0, 0.1) is 0 Å². The van der Waals surface area contributed by atoms with Gasteiger partial charge in [-0.1, -0.05) is 42.0 Å². The quantitative estimate of drug-likeness (QED) is 0.361. The average molecular weight is 504 g/mol. The first-order chi connectivity index (χ1) is 17.5. The number of hydrogen-bond donors (Lipinski definition) is 2. The van der Waals surface area contributed by atoms with E-state index in [1.54, 1.807) is 29.5 Å². The lowest BCUT2D eigenvalue weighted by molar-refractivity contribution is -0.116. The molecular formula is C27H25N3O5S. The predicted molar refractivity (Wildman–Crippen MR) is 138 cm³/mol. The number of benzene rings is 2. The van der Waals surface area contributed by atoms with Gasteiger partial charge in [-0.05, 0) is 53.3 Å². The molecule has 0 radical (unpaired) electrons. The van der Waals surface area contributed by atoms with Gasteiger partial charge in [-0.25, -0.2) is 4.79 Å². The van der Waals surface area contributed by atoms with Crippen LogP contribution in [0.5, 0.6) is 11.5 Å². The van der Waals surface area contributed by atoms with Crippen molar-refractivity contribution in [3.05, 3.63) is 89.3 Å². The minimum absolute atomic E-state index is 0.265. The lowest BCUT2D eigenvalue weighted by Crippen LogP contribution is -2.45. The van der Waals surface area contributed by atoms with Gasteiger partial charge in [-0.3, -0.25) is 15.1 Å². The highest BCUT2D eigenvalue weighted by atomic mass is 32.1. The second-order valence-electron chi connectivity index (χ2n) is 8.45. The summed E-state index contributed by atoms with van der Waals surface area (Å²) in [7, 11) is 0. The van der Waals surface area contributed by atoms with Crippen LogP contribution in [0.4, 0.5) is 10.5 Å². The molecule has 2 aromatic carbocycles. The maximum Gasteiger partial charge on any atom is 0.431 e. The van der Waals surface area contributed by atoms with E-state index < -0.39 is 12.0 Å². The van der Waals surface area contributed by atoms with Gasteiger partial charge >= 0.3 is 6.09 Å². The number of amides is 2. The fraction of sp³-hybridized carbons (Fsp3) is 0.185. The number of fused-ring (bicyclic) bond motifs is 1. The molecule has 5 rings (SSSR count). The average Bonchev–Trinajstić information content (AvgIpc) is 3.65. The molecule has 3 heterocycles. The number of carboxylic acid groups (broad SMARTS) is 1. The van der Waals surface area contributed by atoms with Gasteiger partial charge in [0.2, 0.25) is 6.79 Å². The first kappa shape index (κ1) is 23.7. The lowest BCUT2D eigenvalue weighted by atomic mass is 10.2. The summed E-state index contributed by atoms with van der Waals surface area (Å²) < 4.78 is 10.8. The van der Waals surface area contributed by atoms with Crippen molar-refractivity contribution < 1.29 is 24.2 Å². The van der Waals surface area contributed by atoms with Crippen LogP contribution in [0.1, 0.15) is 12.0 Å². The van der Waals surface area contributed by atoms with Crippen molar-refractivity contribution in [3.63, 3.8) is 0 Å². The van der Waals surface area contributed by atoms with E-state index >= 15 is 0 Å². The monoisotopic (exact) mass is 503 g/mol. The summed E-state index contributed by atoms with van der Waals surface area (Å²) in [6.07, 6.45) is 4.56. The SMILES string of the molecule is O=C(C=CC=C1CCN(Cc2ccc3c(c2)OCO3)C1)NN(C(=O)O)c1ccc(-c2cccs2)cc1. The van der Waals surface area contributed by atoms with Crippen molar-refractivity contribution in [3.8, 4) is 21.9 Å². The maximum absolute atomic E-state index is 12.4. The smallest absolute Gasteiger partial charge is 0.431 e. The normalized spacial score (nSPS) is 16.1. The molecule has 0 aliphatic carbocycles. The number of nitrogens with zero attached hydrogens (tertiary/aromatic N) is 2. The molecule has 1 aromatic heterocycles. The van der Waals surface area contributed by atoms with E-state index in [1.807, 2.05) is 53.9 Å². The third-order valence-electron chi connectivity index (χ3n) is 5.94. The summed E-state index contributed by atoms with van der Waals surface area (Å²) >= 11 is 1.60. The van der Waals surface area contributed by atoms with Gasteiger partial charge in [0.05, 0.1) is 5.69 Å². The van der Waals surface area contributed by atoms with Crippen LogP contribution in [0.25, 0.3) is 10.4 Å². The van der Waals surface area contributed by atoms with Crippen molar-refractivity contribution >= 4 is 29.0 Å². The Morgan fingerprint density at radius 3 is 2.72 bits per heavy atom. The molecule has 3 aromatic rings. The zero-order valence-electron chi connectivity index (χ0n) is 19.4. The Hall–Kier alpha value is -4.08. The van der Waals surface area contributed by atoms with Crippen LogP contribution in [0.15, 0.2) is 83.8 Å². The standard InChI is InChI=1S/C27H25N3O5S/c31-26(28-30(27(32)33)22-9-7-21(8-10-22)25-4-2-14-36-25)5-1-3-19-12-13-29(16-19)17-20-6-11-23-24(15-20)35-18-34-23/h1-11,14-15H,12-13,16-18H2,(H,28,31)(H,32,33). The molecule has 1 saturated heterocycles. The Balaban J connectivity index is 1.14. The molecule has 0 saturated carbocycles. The number of thiophene rings is 1. The summed E-state index contributed by atoms with van der Waals surface area (Å²) in [6, 6.07) is 17.0. The molecule has 9 heteroatoms. The van der Waals surface area contributed by atoms with E-state index in [0.717, 1.165) is 58.6 Å². The molecule has 2 aliphatic rings. The Labute approximate surface area is 212 Å². The van der Waals surface area contributed by atoms with Crippen molar-refractivity contribution in [2.75, 3.05) is 24.9 Å². The molecule has 2 amide bonds. The summed E-state index contributed by atoms with van der Waals surface area (Å²) in [5.74, 6) is 1.04. The zero-order valence-corrected chi connectivity index (χ0v) is 20.2. The van der Waals surface area contributed by atoms with Crippen LogP contribution < -0.4 is 19.9 Å². The zero-order chi connectivity index (χ0) is 24.9. The predicted octanol–water partition coefficient (Wildman–Crippen LogP) is 5.05. The molecule has 0 unspecified atom stereocenters. The van der Waals surface area contributed by atoms with E-state index in [9.17, 15) is 14.7 Å². The van der Waals surface area contributed by atoms with Gasteiger partial charge in [-0.15, -0.1) is 11.3 Å². The van der Waals surface area contributed by atoms with E-state index in [0.29, 0.717) is 5.69 Å².